The predicted octanol–water partition coefficient (Wildman–Crippen LogP) is 1.07. The quantitative estimate of drug-likeness (QED) is 0.187. The topological polar surface area (TPSA) is 158 Å². The number of amides is 1. The van der Waals surface area contributed by atoms with Crippen molar-refractivity contribution in [2.24, 2.45) is 16.7 Å². The molecule has 12 heteroatoms. The zero-order valence-electron chi connectivity index (χ0n) is 21.2. The Bertz CT molecular complexity index is 1050. The fraction of sp³-hybridized carbons (Fsp3) is 0.458. The number of hydrazine groups is 1. The Morgan fingerprint density at radius 3 is 2.64 bits per heavy atom. The highest BCUT2D eigenvalue weighted by Crippen LogP contribution is 2.18. The van der Waals surface area contributed by atoms with Gasteiger partial charge in [0.2, 0.25) is 0 Å². The lowest BCUT2D eigenvalue weighted by Gasteiger charge is -2.32. The number of pyridine rings is 1. The van der Waals surface area contributed by atoms with Crippen molar-refractivity contribution in [1.29, 1.82) is 0 Å². The van der Waals surface area contributed by atoms with E-state index in [0.29, 0.717) is 36.6 Å². The van der Waals surface area contributed by atoms with E-state index in [0.717, 1.165) is 5.12 Å². The minimum atomic E-state index is -0.777. The molecule has 198 valence electrons. The SMILES string of the molecule is CC(C)(O)C1COCCO1.COc1cc(CNC(=O)c2cc(/C(N)=N/N(C)N)cc(C)n2)ccc1F. The van der Waals surface area contributed by atoms with Gasteiger partial charge in [-0.1, -0.05) is 6.07 Å². The molecule has 1 atom stereocenters. The van der Waals surface area contributed by atoms with Crippen LogP contribution in [0.1, 0.15) is 41.2 Å². The number of aromatic nitrogens is 1. The number of hydrogen-bond donors (Lipinski definition) is 4. The first kappa shape index (κ1) is 28.9. The maximum Gasteiger partial charge on any atom is 0.270 e. The maximum atomic E-state index is 13.4. The fourth-order valence-electron chi connectivity index (χ4n) is 3.14. The van der Waals surface area contributed by atoms with Gasteiger partial charge < -0.3 is 30.4 Å². The Balaban J connectivity index is 0.000000380. The van der Waals surface area contributed by atoms with Crippen LogP contribution in [0.5, 0.6) is 5.75 Å². The second-order valence-corrected chi connectivity index (χ2v) is 8.68. The highest BCUT2D eigenvalue weighted by atomic mass is 19.1. The summed E-state index contributed by atoms with van der Waals surface area (Å²) < 4.78 is 28.7. The fourth-order valence-corrected chi connectivity index (χ4v) is 3.14. The third-order valence-electron chi connectivity index (χ3n) is 5.02. The highest BCUT2D eigenvalue weighted by Gasteiger charge is 2.29. The van der Waals surface area contributed by atoms with Gasteiger partial charge in [0.05, 0.1) is 32.5 Å². The van der Waals surface area contributed by atoms with Crippen LogP contribution in [0.2, 0.25) is 0 Å². The minimum Gasteiger partial charge on any atom is -0.494 e. The molecule has 1 aliphatic rings. The van der Waals surface area contributed by atoms with Crippen molar-refractivity contribution in [3.05, 3.63) is 58.7 Å². The molecule has 1 unspecified atom stereocenters. The number of hydrogen-bond acceptors (Lipinski definition) is 9. The molecule has 1 saturated heterocycles. The molecule has 0 aliphatic carbocycles. The number of aryl methyl sites for hydroxylation is 1. The molecule has 0 bridgehead atoms. The van der Waals surface area contributed by atoms with E-state index in [9.17, 15) is 14.3 Å². The average Bonchev–Trinajstić information content (AvgIpc) is 2.83. The smallest absolute Gasteiger partial charge is 0.270 e. The number of methoxy groups -OCH3 is 1. The van der Waals surface area contributed by atoms with Gasteiger partial charge in [0, 0.05) is 24.8 Å². The zero-order chi connectivity index (χ0) is 26.9. The average molecular weight is 507 g/mol. The summed E-state index contributed by atoms with van der Waals surface area (Å²) in [5.74, 6) is 4.86. The number of halogens is 1. The first-order valence-corrected chi connectivity index (χ1v) is 11.2. The molecule has 1 aromatic heterocycles. The van der Waals surface area contributed by atoms with Crippen LogP contribution in [0.4, 0.5) is 4.39 Å². The molecule has 0 radical (unpaired) electrons. The summed E-state index contributed by atoms with van der Waals surface area (Å²) >= 11 is 0. The molecule has 1 amide bonds. The highest BCUT2D eigenvalue weighted by molar-refractivity contribution is 6.00. The van der Waals surface area contributed by atoms with Crippen LogP contribution in [-0.2, 0) is 16.0 Å². The molecule has 1 aliphatic heterocycles. The maximum absolute atomic E-state index is 13.4. The normalized spacial score (nSPS) is 16.0. The monoisotopic (exact) mass is 506 g/mol. The largest absolute Gasteiger partial charge is 0.494 e. The van der Waals surface area contributed by atoms with Crippen molar-refractivity contribution in [2.45, 2.75) is 39.0 Å². The Morgan fingerprint density at radius 1 is 1.36 bits per heavy atom. The molecule has 1 aromatic carbocycles. The zero-order valence-corrected chi connectivity index (χ0v) is 21.2. The van der Waals surface area contributed by atoms with Crippen LogP contribution in [0.15, 0.2) is 35.4 Å². The Kier molecular flexibility index (Phi) is 10.5. The van der Waals surface area contributed by atoms with Crippen LogP contribution < -0.4 is 21.6 Å². The number of nitrogens with two attached hydrogens (primary N) is 2. The number of hydrazone groups is 1. The molecule has 0 saturated carbocycles. The summed E-state index contributed by atoms with van der Waals surface area (Å²) in [4.78, 5) is 16.6. The number of aliphatic hydroxyl groups is 1. The minimum absolute atomic E-state index is 0.114. The third-order valence-corrected chi connectivity index (χ3v) is 5.02. The van der Waals surface area contributed by atoms with Gasteiger partial charge in [-0.25, -0.2) is 20.3 Å². The molecule has 1 fully saturated rings. The number of rotatable bonds is 7. The van der Waals surface area contributed by atoms with Crippen molar-refractivity contribution in [3.63, 3.8) is 0 Å². The number of carbonyl (C=O) groups excluding carboxylic acids is 1. The number of carbonyl (C=O) groups is 1. The predicted molar refractivity (Wildman–Crippen MR) is 133 cm³/mol. The molecular formula is C24H35FN6O5. The van der Waals surface area contributed by atoms with Crippen LogP contribution in [0.3, 0.4) is 0 Å². The summed E-state index contributed by atoms with van der Waals surface area (Å²) in [5.41, 5.74) is 7.10. The van der Waals surface area contributed by atoms with Gasteiger partial charge in [0.1, 0.15) is 11.8 Å². The van der Waals surface area contributed by atoms with Crippen molar-refractivity contribution in [1.82, 2.24) is 15.4 Å². The van der Waals surface area contributed by atoms with Crippen molar-refractivity contribution in [2.75, 3.05) is 34.0 Å². The van der Waals surface area contributed by atoms with E-state index in [4.69, 9.17) is 25.8 Å². The van der Waals surface area contributed by atoms with Gasteiger partial charge >= 0.3 is 0 Å². The number of ether oxygens (including phenoxy) is 3. The summed E-state index contributed by atoms with van der Waals surface area (Å²) in [6.07, 6.45) is -0.166. The van der Waals surface area contributed by atoms with Gasteiger partial charge in [-0.15, -0.1) is 5.10 Å². The molecule has 2 heterocycles. The number of benzene rings is 1. The van der Waals surface area contributed by atoms with Gasteiger partial charge in [0.25, 0.3) is 5.91 Å². The molecule has 3 rings (SSSR count). The number of nitrogens with zero attached hydrogens (tertiary/aromatic N) is 3. The summed E-state index contributed by atoms with van der Waals surface area (Å²) in [6.45, 7) is 7.13. The molecule has 11 nitrogen and oxygen atoms in total. The van der Waals surface area contributed by atoms with Crippen molar-refractivity contribution >= 4 is 11.7 Å². The van der Waals surface area contributed by atoms with Crippen molar-refractivity contribution < 1.29 is 28.5 Å². The number of nitrogens with one attached hydrogen (secondary N) is 1. The van der Waals surface area contributed by atoms with Gasteiger partial charge in [0.15, 0.2) is 17.4 Å². The first-order chi connectivity index (χ1) is 16.9. The summed E-state index contributed by atoms with van der Waals surface area (Å²) in [7, 11) is 2.91. The molecule has 2 aromatic rings. The lowest BCUT2D eigenvalue weighted by Crippen LogP contribution is -2.45. The van der Waals surface area contributed by atoms with E-state index >= 15 is 0 Å². The first-order valence-electron chi connectivity index (χ1n) is 11.2. The third kappa shape index (κ3) is 9.04. The van der Waals surface area contributed by atoms with Gasteiger partial charge in [-0.2, -0.15) is 0 Å². The second-order valence-electron chi connectivity index (χ2n) is 8.68. The second kappa shape index (κ2) is 13.1. The molecule has 6 N–H and O–H groups in total. The van der Waals surface area contributed by atoms with Crippen LogP contribution in [0.25, 0.3) is 0 Å². The van der Waals surface area contributed by atoms with E-state index in [-0.39, 0.29) is 29.9 Å². The Morgan fingerprint density at radius 2 is 2.08 bits per heavy atom. The van der Waals surface area contributed by atoms with Crippen molar-refractivity contribution in [3.8, 4) is 5.75 Å². The summed E-state index contributed by atoms with van der Waals surface area (Å²) in [6, 6.07) is 7.59. The van der Waals surface area contributed by atoms with Gasteiger partial charge in [-0.3, -0.25) is 4.79 Å². The molecule has 36 heavy (non-hydrogen) atoms. The summed E-state index contributed by atoms with van der Waals surface area (Å²) in [5, 5.41) is 17.1. The molecule has 0 spiro atoms. The standard InChI is InChI=1S/C17H21FN6O2.C7H14O3/c1-10-6-12(16(19)23-24(2)20)8-14(22-10)17(25)21-9-11-4-5-13(18)15(7-11)26-3;1-7(2,8)6-5-9-3-4-10-6/h4-8H,9,20H2,1-3H3,(H2,19,23)(H,21,25);6,8H,3-5H2,1-2H3. The van der Waals surface area contributed by atoms with E-state index in [2.05, 4.69) is 15.4 Å². The molecular weight excluding hydrogens is 471 g/mol. The lowest BCUT2D eigenvalue weighted by molar-refractivity contribution is -0.162. The van der Waals surface area contributed by atoms with Crippen LogP contribution in [0, 0.1) is 12.7 Å². The van der Waals surface area contributed by atoms with E-state index < -0.39 is 17.3 Å². The van der Waals surface area contributed by atoms with Gasteiger partial charge in [-0.05, 0) is 50.6 Å². The van der Waals surface area contributed by atoms with Crippen LogP contribution in [-0.4, -0.2) is 72.6 Å². The van der Waals surface area contributed by atoms with E-state index in [1.807, 2.05) is 0 Å². The Labute approximate surface area is 210 Å². The lowest BCUT2D eigenvalue weighted by atomic mass is 10.0. The number of amidine groups is 1. The van der Waals surface area contributed by atoms with E-state index in [1.165, 1.54) is 32.4 Å². The van der Waals surface area contributed by atoms with E-state index in [1.54, 1.807) is 32.9 Å². The Hall–Kier alpha value is -3.32. The van der Waals surface area contributed by atoms with Crippen LogP contribution >= 0.6 is 0 Å².